The molecule has 0 aromatic carbocycles. The van der Waals surface area contributed by atoms with Crippen LogP contribution >= 0.6 is 11.3 Å². The Hall–Kier alpha value is -0.870. The van der Waals surface area contributed by atoms with Gasteiger partial charge in [0.25, 0.3) is 0 Å². The molecule has 0 radical (unpaired) electrons. The van der Waals surface area contributed by atoms with Gasteiger partial charge in [0.05, 0.1) is 7.11 Å². The van der Waals surface area contributed by atoms with Crippen LogP contribution in [0.1, 0.15) is 15.9 Å². The molecule has 1 rings (SSSR count). The molecule has 0 unspecified atom stereocenters. The van der Waals surface area contributed by atoms with Crippen LogP contribution in [-0.2, 0) is 9.53 Å². The molecule has 0 saturated heterocycles. The van der Waals surface area contributed by atoms with E-state index in [2.05, 4.69) is 4.74 Å². The number of rotatable bonds is 2. The third-order valence-corrected chi connectivity index (χ3v) is 2.51. The first-order valence-electron chi connectivity index (χ1n) is 3.47. The summed E-state index contributed by atoms with van der Waals surface area (Å²) in [6, 6.07) is 3.58. The zero-order valence-corrected chi connectivity index (χ0v) is 7.72. The number of ether oxygens (including phenoxy) is 1. The zero-order valence-electron chi connectivity index (χ0n) is 6.90. The molecule has 0 amide bonds. The van der Waals surface area contributed by atoms with Crippen molar-refractivity contribution in [3.05, 3.63) is 21.9 Å². The van der Waals surface area contributed by atoms with Crippen LogP contribution < -0.4 is 0 Å². The number of aliphatic hydroxyl groups is 1. The van der Waals surface area contributed by atoms with Gasteiger partial charge in [-0.3, -0.25) is 0 Å². The van der Waals surface area contributed by atoms with Gasteiger partial charge in [0.2, 0.25) is 0 Å². The molecule has 0 saturated carbocycles. The number of hydrogen-bond acceptors (Lipinski definition) is 4. The normalized spacial score (nSPS) is 12.6. The van der Waals surface area contributed by atoms with Crippen molar-refractivity contribution < 1.29 is 14.6 Å². The molecule has 4 heteroatoms. The summed E-state index contributed by atoms with van der Waals surface area (Å²) in [4.78, 5) is 12.5. The van der Waals surface area contributed by atoms with E-state index < -0.39 is 12.1 Å². The highest BCUT2D eigenvalue weighted by Gasteiger charge is 2.18. The minimum atomic E-state index is -1.13. The Bertz CT molecular complexity index is 280. The summed E-state index contributed by atoms with van der Waals surface area (Å²) in [6.45, 7) is 1.91. The number of thiophene rings is 1. The van der Waals surface area contributed by atoms with Crippen LogP contribution in [-0.4, -0.2) is 18.2 Å². The summed E-state index contributed by atoms with van der Waals surface area (Å²) in [5.41, 5.74) is 0. The predicted molar refractivity (Wildman–Crippen MR) is 46.0 cm³/mol. The summed E-state index contributed by atoms with van der Waals surface area (Å²) in [7, 11) is 1.26. The first-order valence-corrected chi connectivity index (χ1v) is 4.29. The Morgan fingerprint density at radius 3 is 2.75 bits per heavy atom. The number of esters is 1. The summed E-state index contributed by atoms with van der Waals surface area (Å²) in [5.74, 6) is -0.614. The average Bonchev–Trinajstić information content (AvgIpc) is 2.49. The second-order valence-electron chi connectivity index (χ2n) is 2.37. The lowest BCUT2D eigenvalue weighted by atomic mass is 10.3. The van der Waals surface area contributed by atoms with Gasteiger partial charge in [0, 0.05) is 9.75 Å². The molecule has 1 N–H and O–H groups in total. The molecule has 1 aromatic rings. The fourth-order valence-corrected chi connectivity index (χ4v) is 1.68. The van der Waals surface area contributed by atoms with Crippen LogP contribution in [0.4, 0.5) is 0 Å². The maximum atomic E-state index is 10.9. The highest BCUT2D eigenvalue weighted by atomic mass is 32.1. The summed E-state index contributed by atoms with van der Waals surface area (Å²) in [6.07, 6.45) is -1.13. The number of aliphatic hydroxyl groups excluding tert-OH is 1. The molecule has 0 fully saturated rings. The van der Waals surface area contributed by atoms with E-state index in [1.165, 1.54) is 18.4 Å². The standard InChI is InChI=1S/C8H10O3S/c1-5-3-4-6(12-5)7(9)8(10)11-2/h3-4,7,9H,1-2H3/t7-/m1/s1. The smallest absolute Gasteiger partial charge is 0.340 e. The molecule has 1 atom stereocenters. The van der Waals surface area contributed by atoms with E-state index in [1.807, 2.05) is 13.0 Å². The van der Waals surface area contributed by atoms with Gasteiger partial charge in [0.1, 0.15) is 0 Å². The second kappa shape index (κ2) is 3.69. The Labute approximate surface area is 74.6 Å². The van der Waals surface area contributed by atoms with Crippen LogP contribution in [0.5, 0.6) is 0 Å². The molecule has 1 heterocycles. The summed E-state index contributed by atoms with van der Waals surface area (Å²) in [5, 5.41) is 9.34. The topological polar surface area (TPSA) is 46.5 Å². The lowest BCUT2D eigenvalue weighted by Crippen LogP contribution is -2.11. The van der Waals surface area contributed by atoms with Crippen molar-refractivity contribution >= 4 is 17.3 Å². The van der Waals surface area contributed by atoms with Gasteiger partial charge in [0.15, 0.2) is 6.10 Å². The third-order valence-electron chi connectivity index (χ3n) is 1.46. The number of hydrogen-bond donors (Lipinski definition) is 1. The van der Waals surface area contributed by atoms with Gasteiger partial charge in [-0.1, -0.05) is 0 Å². The van der Waals surface area contributed by atoms with Gasteiger partial charge >= 0.3 is 5.97 Å². The molecule has 0 spiro atoms. The zero-order chi connectivity index (χ0) is 9.14. The lowest BCUT2D eigenvalue weighted by molar-refractivity contribution is -0.150. The number of methoxy groups -OCH3 is 1. The molecule has 0 bridgehead atoms. The van der Waals surface area contributed by atoms with Crippen LogP contribution in [0.25, 0.3) is 0 Å². The van der Waals surface area contributed by atoms with Crippen LogP contribution in [0.2, 0.25) is 0 Å². The Balaban J connectivity index is 2.77. The first kappa shape index (κ1) is 9.22. The van der Waals surface area contributed by atoms with Crippen molar-refractivity contribution in [3.8, 4) is 0 Å². The molecule has 0 aliphatic heterocycles. The number of carbonyl (C=O) groups excluding carboxylic acids is 1. The summed E-state index contributed by atoms with van der Waals surface area (Å²) >= 11 is 1.39. The highest BCUT2D eigenvalue weighted by molar-refractivity contribution is 7.12. The van der Waals surface area contributed by atoms with Crippen molar-refractivity contribution in [3.63, 3.8) is 0 Å². The minimum absolute atomic E-state index is 0.614. The van der Waals surface area contributed by atoms with Crippen LogP contribution in [0.15, 0.2) is 12.1 Å². The maximum Gasteiger partial charge on any atom is 0.340 e. The average molecular weight is 186 g/mol. The molecule has 3 nitrogen and oxygen atoms in total. The number of aryl methyl sites for hydroxylation is 1. The Kier molecular flexibility index (Phi) is 2.83. The van der Waals surface area contributed by atoms with Crippen molar-refractivity contribution in [1.29, 1.82) is 0 Å². The van der Waals surface area contributed by atoms with Crippen LogP contribution in [0, 0.1) is 6.92 Å². The van der Waals surface area contributed by atoms with E-state index in [0.29, 0.717) is 4.88 Å². The Morgan fingerprint density at radius 2 is 2.33 bits per heavy atom. The second-order valence-corrected chi connectivity index (χ2v) is 3.69. The minimum Gasteiger partial charge on any atom is -0.467 e. The van der Waals surface area contributed by atoms with Crippen molar-refractivity contribution in [2.24, 2.45) is 0 Å². The molecule has 0 aliphatic rings. The predicted octanol–water partition coefficient (Wildman–Crippen LogP) is 1.26. The molecular formula is C8H10O3S. The van der Waals surface area contributed by atoms with E-state index >= 15 is 0 Å². The fourth-order valence-electron chi connectivity index (χ4n) is 0.828. The van der Waals surface area contributed by atoms with Crippen LogP contribution in [0.3, 0.4) is 0 Å². The van der Waals surface area contributed by atoms with Gasteiger partial charge in [-0.2, -0.15) is 0 Å². The van der Waals surface area contributed by atoms with Gasteiger partial charge in [-0.05, 0) is 19.1 Å². The Morgan fingerprint density at radius 1 is 1.67 bits per heavy atom. The highest BCUT2D eigenvalue weighted by Crippen LogP contribution is 2.23. The van der Waals surface area contributed by atoms with E-state index in [9.17, 15) is 9.90 Å². The van der Waals surface area contributed by atoms with E-state index in [4.69, 9.17) is 0 Å². The molecule has 12 heavy (non-hydrogen) atoms. The van der Waals surface area contributed by atoms with E-state index in [1.54, 1.807) is 6.07 Å². The summed E-state index contributed by atoms with van der Waals surface area (Å²) < 4.78 is 4.39. The number of carbonyl (C=O) groups is 1. The van der Waals surface area contributed by atoms with Gasteiger partial charge in [-0.15, -0.1) is 11.3 Å². The van der Waals surface area contributed by atoms with Crippen molar-refractivity contribution in [1.82, 2.24) is 0 Å². The third kappa shape index (κ3) is 1.84. The molecular weight excluding hydrogens is 176 g/mol. The van der Waals surface area contributed by atoms with Gasteiger partial charge in [-0.25, -0.2) is 4.79 Å². The molecule has 66 valence electrons. The largest absolute Gasteiger partial charge is 0.467 e. The SMILES string of the molecule is COC(=O)[C@H](O)c1ccc(C)s1. The first-order chi connectivity index (χ1) is 5.65. The molecule has 1 aromatic heterocycles. The lowest BCUT2D eigenvalue weighted by Gasteiger charge is -2.04. The van der Waals surface area contributed by atoms with Gasteiger partial charge < -0.3 is 9.84 Å². The monoisotopic (exact) mass is 186 g/mol. The van der Waals surface area contributed by atoms with Crippen molar-refractivity contribution in [2.75, 3.05) is 7.11 Å². The fraction of sp³-hybridized carbons (Fsp3) is 0.375. The maximum absolute atomic E-state index is 10.9. The molecule has 0 aliphatic carbocycles. The quantitative estimate of drug-likeness (QED) is 0.707. The van der Waals surface area contributed by atoms with Crippen molar-refractivity contribution in [2.45, 2.75) is 13.0 Å². The van der Waals surface area contributed by atoms with E-state index in [0.717, 1.165) is 4.88 Å². The van der Waals surface area contributed by atoms with E-state index in [-0.39, 0.29) is 0 Å².